The largest absolute Gasteiger partial charge is 0.497 e. The molecule has 0 aliphatic carbocycles. The number of amides is 1. The number of nitrogens with one attached hydrogen (secondary N) is 1. The Kier molecular flexibility index (Phi) is 11.2. The summed E-state index contributed by atoms with van der Waals surface area (Å²) in [6.45, 7) is 14.7. The molecule has 0 saturated carbocycles. The van der Waals surface area contributed by atoms with Gasteiger partial charge in [-0.1, -0.05) is 44.5 Å². The molecular weight excluding hydrogens is 700 g/mol. The quantitative estimate of drug-likeness (QED) is 0.153. The summed E-state index contributed by atoms with van der Waals surface area (Å²) >= 11 is 7.14. The van der Waals surface area contributed by atoms with Crippen LogP contribution in [0.4, 0.5) is 27.9 Å². The van der Waals surface area contributed by atoms with Crippen LogP contribution in [0.2, 0.25) is 23.2 Å². The van der Waals surface area contributed by atoms with Gasteiger partial charge in [-0.25, -0.2) is 9.78 Å². The van der Waals surface area contributed by atoms with E-state index in [1.807, 2.05) is 41.0 Å². The number of rotatable bonds is 11. The number of benzene rings is 2. The Balaban J connectivity index is 1.52. The number of ether oxygens (including phenoxy) is 1. The summed E-state index contributed by atoms with van der Waals surface area (Å²) in [7, 11) is 0.890. The molecule has 1 fully saturated rings. The molecule has 0 radical (unpaired) electrons. The lowest BCUT2D eigenvalue weighted by Crippen LogP contribution is -2.59. The van der Waals surface area contributed by atoms with Gasteiger partial charge in [-0.15, -0.1) is 5.10 Å². The third-order valence-corrected chi connectivity index (χ3v) is 14.9. The number of anilines is 4. The number of piperidine rings is 1. The van der Waals surface area contributed by atoms with Gasteiger partial charge in [0, 0.05) is 33.2 Å². The lowest BCUT2D eigenvalue weighted by molar-refractivity contribution is 0.0561. The molecule has 274 valence electrons. The monoisotopic (exact) mass is 744 g/mol. The molecule has 2 N–H and O–H groups in total. The second-order valence-electron chi connectivity index (χ2n) is 14.3. The van der Waals surface area contributed by atoms with Gasteiger partial charge in [0.2, 0.25) is 5.95 Å². The van der Waals surface area contributed by atoms with E-state index < -0.39 is 20.5 Å². The van der Waals surface area contributed by atoms with Crippen molar-refractivity contribution in [1.29, 1.82) is 10.5 Å². The van der Waals surface area contributed by atoms with Crippen molar-refractivity contribution in [3.63, 3.8) is 0 Å². The third-order valence-electron chi connectivity index (χ3n) is 10.0. The Bertz CT molecular complexity index is 2020. The summed E-state index contributed by atoms with van der Waals surface area (Å²) in [4.78, 5) is 26.8. The van der Waals surface area contributed by atoms with Crippen LogP contribution in [0.3, 0.4) is 0 Å². The Hall–Kier alpha value is -5.09. The number of methoxy groups -OCH3 is 1. The minimum absolute atomic E-state index is 0.0975. The topological polar surface area (TPSA) is 168 Å². The molecule has 16 heteroatoms. The van der Waals surface area contributed by atoms with Crippen LogP contribution in [0.15, 0.2) is 42.6 Å². The van der Waals surface area contributed by atoms with Gasteiger partial charge >= 0.3 is 6.09 Å². The number of imidazole rings is 1. The summed E-state index contributed by atoms with van der Waals surface area (Å²) in [5.74, 6) is 1.40. The normalized spacial score (nSPS) is 16.2. The molecule has 0 spiro atoms. The van der Waals surface area contributed by atoms with Crippen molar-refractivity contribution in [2.45, 2.75) is 70.9 Å². The molecule has 1 saturated heterocycles. The molecule has 3 heterocycles. The number of hydrogen-bond donors (Lipinski definition) is 2. The Morgan fingerprint density at radius 1 is 1.19 bits per heavy atom. The van der Waals surface area contributed by atoms with Crippen molar-refractivity contribution in [2.75, 3.05) is 48.9 Å². The van der Waals surface area contributed by atoms with E-state index in [0.29, 0.717) is 66.0 Å². The van der Waals surface area contributed by atoms with Crippen LogP contribution < -0.4 is 19.9 Å². The molecular formula is C36H45ClN10O4Si. The fourth-order valence-corrected chi connectivity index (χ4v) is 7.61. The summed E-state index contributed by atoms with van der Waals surface area (Å²) in [6, 6.07) is 15.1. The second kappa shape index (κ2) is 15.3. The van der Waals surface area contributed by atoms with Gasteiger partial charge in [0.15, 0.2) is 25.5 Å². The summed E-state index contributed by atoms with van der Waals surface area (Å²) < 4.78 is 13.6. The average Bonchev–Trinajstić information content (AvgIpc) is 3.53. The van der Waals surface area contributed by atoms with Crippen LogP contribution in [-0.2, 0) is 11.0 Å². The molecule has 2 aromatic heterocycles. The summed E-state index contributed by atoms with van der Waals surface area (Å²) in [5, 5.41) is 37.9. The number of carbonyl (C=O) groups is 1. The SMILES string of the molecule is CCN(Cc1ccc(OC)cc1)c1nc(Nc2cc(C#N)cc(N3CC[C@@H](N(C)C(=O)O)[C@H](O[Si](C)(C)C(C)(C)C)C3)c2Cl)nn2c(C#N)cnc12. The van der Waals surface area contributed by atoms with Gasteiger partial charge in [-0.05, 0) is 61.3 Å². The second-order valence-corrected chi connectivity index (χ2v) is 19.5. The van der Waals surface area contributed by atoms with E-state index in [1.54, 1.807) is 26.3 Å². The first kappa shape index (κ1) is 38.1. The average molecular weight is 745 g/mol. The van der Waals surface area contributed by atoms with Crippen molar-refractivity contribution in [3.05, 3.63) is 64.4 Å². The number of nitrogens with zero attached hydrogens (tertiary/aromatic N) is 9. The van der Waals surface area contributed by atoms with E-state index in [4.69, 9.17) is 25.7 Å². The molecule has 2 atom stereocenters. The van der Waals surface area contributed by atoms with Gasteiger partial charge in [0.1, 0.15) is 11.8 Å². The Labute approximate surface area is 310 Å². The van der Waals surface area contributed by atoms with Crippen molar-refractivity contribution >= 4 is 54.8 Å². The minimum Gasteiger partial charge on any atom is -0.497 e. The van der Waals surface area contributed by atoms with Crippen LogP contribution in [0.25, 0.3) is 5.65 Å². The van der Waals surface area contributed by atoms with Crippen LogP contribution in [-0.4, -0.2) is 89.9 Å². The van der Waals surface area contributed by atoms with Crippen molar-refractivity contribution in [3.8, 4) is 17.9 Å². The number of fused-ring (bicyclic) bond motifs is 1. The van der Waals surface area contributed by atoms with Gasteiger partial charge in [0.25, 0.3) is 0 Å². The maximum absolute atomic E-state index is 12.1. The Morgan fingerprint density at radius 3 is 2.50 bits per heavy atom. The highest BCUT2D eigenvalue weighted by molar-refractivity contribution is 6.74. The molecule has 4 aromatic rings. The number of carboxylic acid groups (broad SMARTS) is 1. The Morgan fingerprint density at radius 2 is 1.90 bits per heavy atom. The lowest BCUT2D eigenvalue weighted by atomic mass is 9.99. The van der Waals surface area contributed by atoms with Crippen LogP contribution in [0.1, 0.15) is 50.9 Å². The fourth-order valence-electron chi connectivity index (χ4n) is 5.99. The smallest absolute Gasteiger partial charge is 0.407 e. The van der Waals surface area contributed by atoms with Gasteiger partial charge in [-0.3, -0.25) is 0 Å². The highest BCUT2D eigenvalue weighted by Crippen LogP contribution is 2.41. The van der Waals surface area contributed by atoms with Crippen LogP contribution in [0, 0.1) is 22.7 Å². The molecule has 0 bridgehead atoms. The zero-order valence-electron chi connectivity index (χ0n) is 30.8. The van der Waals surface area contributed by atoms with E-state index in [0.717, 1.165) is 11.3 Å². The number of nitriles is 2. The van der Waals surface area contributed by atoms with E-state index >= 15 is 0 Å². The van der Waals surface area contributed by atoms with Crippen LogP contribution >= 0.6 is 11.6 Å². The molecule has 14 nitrogen and oxygen atoms in total. The zero-order valence-corrected chi connectivity index (χ0v) is 32.6. The molecule has 5 rings (SSSR count). The lowest BCUT2D eigenvalue weighted by Gasteiger charge is -2.47. The summed E-state index contributed by atoms with van der Waals surface area (Å²) in [6.07, 6.45) is 0.504. The molecule has 2 aromatic carbocycles. The fraction of sp³-hybridized carbons (Fsp3) is 0.444. The van der Waals surface area contributed by atoms with Gasteiger partial charge in [-0.2, -0.15) is 20.0 Å². The number of hydrogen-bond acceptors (Lipinski definition) is 11. The highest BCUT2D eigenvalue weighted by Gasteiger charge is 2.44. The van der Waals surface area contributed by atoms with Crippen molar-refractivity contribution in [1.82, 2.24) is 24.5 Å². The standard InChI is InChI=1S/C36H45ClN10O4Si/c1-9-45(21-23-10-12-26(50-6)13-11-23)33-32-40-20-25(19-39)47(32)43-34(42-33)41-27-16-24(18-38)17-29(31(27)37)46-15-14-28(44(5)35(48)49)30(22-46)51-52(7,8)36(2,3)4/h10-13,16-17,20,28,30H,9,14-15,21-22H2,1-8H3,(H,41,43)(H,48,49)/t28-,30-/m1/s1. The van der Waals surface area contributed by atoms with E-state index in [-0.39, 0.29) is 22.7 Å². The molecule has 0 unspecified atom stereocenters. The first-order chi connectivity index (χ1) is 24.6. The molecule has 1 amide bonds. The van der Waals surface area contributed by atoms with E-state index in [9.17, 15) is 20.4 Å². The van der Waals surface area contributed by atoms with Gasteiger partial charge < -0.3 is 34.3 Å². The molecule has 1 aliphatic heterocycles. The predicted molar refractivity (Wildman–Crippen MR) is 203 cm³/mol. The number of likely N-dealkylation sites (N-methyl/N-ethyl adjacent to an activating group) is 1. The predicted octanol–water partition coefficient (Wildman–Crippen LogP) is 6.88. The summed E-state index contributed by atoms with van der Waals surface area (Å²) in [5.41, 5.74) is 3.00. The van der Waals surface area contributed by atoms with E-state index in [2.05, 4.69) is 61.4 Å². The number of halogens is 1. The first-order valence-electron chi connectivity index (χ1n) is 17.0. The molecule has 1 aliphatic rings. The zero-order chi connectivity index (χ0) is 38.0. The maximum atomic E-state index is 12.1. The van der Waals surface area contributed by atoms with Gasteiger partial charge in [0.05, 0.1) is 53.5 Å². The first-order valence-corrected chi connectivity index (χ1v) is 20.3. The van der Waals surface area contributed by atoms with Crippen LogP contribution in [0.5, 0.6) is 5.75 Å². The molecule has 52 heavy (non-hydrogen) atoms. The minimum atomic E-state index is -2.31. The van der Waals surface area contributed by atoms with Crippen molar-refractivity contribution in [2.24, 2.45) is 0 Å². The highest BCUT2D eigenvalue weighted by atomic mass is 35.5. The maximum Gasteiger partial charge on any atom is 0.407 e. The van der Waals surface area contributed by atoms with Crippen molar-refractivity contribution < 1.29 is 19.1 Å². The third kappa shape index (κ3) is 7.87. The van der Waals surface area contributed by atoms with E-state index in [1.165, 1.54) is 15.6 Å². The number of aromatic nitrogens is 4.